The Hall–Kier alpha value is -1.88. The van der Waals surface area contributed by atoms with Crippen LogP contribution in [0.2, 0.25) is 0 Å². The Balaban J connectivity index is 0.00000169. The van der Waals surface area contributed by atoms with Crippen LogP contribution in [0, 0.1) is 17.8 Å². The summed E-state index contributed by atoms with van der Waals surface area (Å²) in [5, 5.41) is 13.1. The van der Waals surface area contributed by atoms with Crippen LogP contribution in [0.1, 0.15) is 50.5 Å². The molecule has 130 valence electrons. The predicted octanol–water partition coefficient (Wildman–Crippen LogP) is 2.61. The average Bonchev–Trinajstić information content (AvgIpc) is 2.45. The van der Waals surface area contributed by atoms with E-state index in [4.69, 9.17) is 0 Å². The zero-order valence-corrected chi connectivity index (χ0v) is 14.2. The molecule has 0 saturated heterocycles. The Labute approximate surface area is 142 Å². The van der Waals surface area contributed by atoms with Crippen molar-refractivity contribution in [3.8, 4) is 0 Å². The third-order valence-corrected chi connectivity index (χ3v) is 6.12. The van der Waals surface area contributed by atoms with Crippen LogP contribution < -0.4 is 16.6 Å². The summed E-state index contributed by atoms with van der Waals surface area (Å²) in [5.74, 6) is 0.830. The molecule has 0 heterocycles. The summed E-state index contributed by atoms with van der Waals surface area (Å²) in [7, 11) is 0. The predicted molar refractivity (Wildman–Crippen MR) is 90.5 cm³/mol. The number of anilines is 1. The minimum absolute atomic E-state index is 0. The number of carbonyl (C=O) groups excluding carboxylic acids is 2. The fraction of sp³-hybridized carbons (Fsp3) is 0.579. The van der Waals surface area contributed by atoms with Gasteiger partial charge in [-0.3, -0.25) is 4.79 Å². The number of nitrogens with one attached hydrogen (secondary N) is 1. The third-order valence-electron chi connectivity index (χ3n) is 6.12. The number of carboxylic acids is 1. The molecule has 4 aliphatic carbocycles. The standard InChI is InChI=1S/C19H23NO3.H3N/c21-17(8-18(22)23)20-16-3-1-15(2-4-16)19-9-12-5-13(10-19)7-14(6-12)11-19;/h1-4,12-14H,5-11H2,(H,20,21)(H,22,23);1H3. The Kier molecular flexibility index (Phi) is 4.38. The summed E-state index contributed by atoms with van der Waals surface area (Å²) in [6.45, 7) is 0. The highest BCUT2D eigenvalue weighted by Crippen LogP contribution is 2.60. The highest BCUT2D eigenvalue weighted by Gasteiger charge is 2.51. The quantitative estimate of drug-likeness (QED) is 0.829. The SMILES string of the molecule is O=C([O-])CC(=O)Nc1ccc(C23CC4CC(CC(C4)C2)C3)cc1.[NH4+]. The Morgan fingerprint density at radius 1 is 1.00 bits per heavy atom. The second-order valence-corrected chi connectivity index (χ2v) is 7.87. The number of carbonyl (C=O) groups is 2. The van der Waals surface area contributed by atoms with E-state index in [-0.39, 0.29) is 6.15 Å². The van der Waals surface area contributed by atoms with Crippen molar-refractivity contribution in [1.29, 1.82) is 0 Å². The molecule has 5 N–H and O–H groups in total. The normalized spacial score (nSPS) is 32.9. The maximum Gasteiger partial charge on any atom is 0.230 e. The molecule has 0 aliphatic heterocycles. The van der Waals surface area contributed by atoms with Crippen molar-refractivity contribution in [2.75, 3.05) is 5.32 Å². The van der Waals surface area contributed by atoms with E-state index in [0.717, 1.165) is 17.8 Å². The van der Waals surface area contributed by atoms with Crippen LogP contribution in [0.4, 0.5) is 5.69 Å². The lowest BCUT2D eigenvalue weighted by molar-refractivity contribution is -0.304. The van der Waals surface area contributed by atoms with Gasteiger partial charge in [-0.15, -0.1) is 0 Å². The maximum atomic E-state index is 11.5. The molecule has 4 fully saturated rings. The van der Waals surface area contributed by atoms with E-state index < -0.39 is 18.3 Å². The van der Waals surface area contributed by atoms with E-state index in [1.165, 1.54) is 44.1 Å². The van der Waals surface area contributed by atoms with Gasteiger partial charge in [0, 0.05) is 5.69 Å². The van der Waals surface area contributed by atoms with Crippen LogP contribution in [-0.4, -0.2) is 11.9 Å². The first-order valence-corrected chi connectivity index (χ1v) is 8.63. The van der Waals surface area contributed by atoms with Gasteiger partial charge in [-0.25, -0.2) is 0 Å². The number of hydrogen-bond donors (Lipinski definition) is 2. The molecule has 5 heteroatoms. The van der Waals surface area contributed by atoms with Gasteiger partial charge in [-0.05, 0) is 79.4 Å². The molecule has 24 heavy (non-hydrogen) atoms. The minimum atomic E-state index is -1.35. The maximum absolute atomic E-state index is 11.5. The largest absolute Gasteiger partial charge is 0.550 e. The van der Waals surface area contributed by atoms with E-state index in [9.17, 15) is 14.7 Å². The molecule has 1 aromatic carbocycles. The molecule has 0 unspecified atom stereocenters. The van der Waals surface area contributed by atoms with Crippen molar-refractivity contribution in [1.82, 2.24) is 6.15 Å². The molecular weight excluding hydrogens is 304 g/mol. The van der Waals surface area contributed by atoms with Crippen LogP contribution in [0.5, 0.6) is 0 Å². The number of hydrogen-bond acceptors (Lipinski definition) is 3. The fourth-order valence-electron chi connectivity index (χ4n) is 5.71. The van der Waals surface area contributed by atoms with Crippen LogP contribution in [0.25, 0.3) is 0 Å². The number of amides is 1. The first-order valence-electron chi connectivity index (χ1n) is 8.63. The van der Waals surface area contributed by atoms with Crippen molar-refractivity contribution in [3.63, 3.8) is 0 Å². The molecule has 0 spiro atoms. The molecule has 4 aliphatic rings. The molecule has 4 saturated carbocycles. The van der Waals surface area contributed by atoms with Crippen LogP contribution in [-0.2, 0) is 15.0 Å². The minimum Gasteiger partial charge on any atom is -0.550 e. The number of rotatable bonds is 4. The summed E-state index contributed by atoms with van der Waals surface area (Å²) >= 11 is 0. The summed E-state index contributed by atoms with van der Waals surface area (Å²) < 4.78 is 0. The van der Waals surface area contributed by atoms with Gasteiger partial charge in [0.05, 0.1) is 12.4 Å². The Bertz CT molecular complexity index is 603. The van der Waals surface area contributed by atoms with Crippen molar-refractivity contribution >= 4 is 17.6 Å². The molecule has 0 radical (unpaired) electrons. The Morgan fingerprint density at radius 3 is 1.96 bits per heavy atom. The van der Waals surface area contributed by atoms with Crippen LogP contribution in [0.3, 0.4) is 0 Å². The lowest BCUT2D eigenvalue weighted by Crippen LogP contribution is -2.48. The van der Waals surface area contributed by atoms with Gasteiger partial charge in [0.15, 0.2) is 0 Å². The number of quaternary nitrogens is 1. The summed E-state index contributed by atoms with van der Waals surface area (Å²) in [6.07, 6.45) is 7.63. The zero-order valence-electron chi connectivity index (χ0n) is 14.2. The highest BCUT2D eigenvalue weighted by molar-refractivity contribution is 6.00. The van der Waals surface area contributed by atoms with Crippen molar-refractivity contribution in [3.05, 3.63) is 29.8 Å². The van der Waals surface area contributed by atoms with Gasteiger partial charge in [0.25, 0.3) is 0 Å². The van der Waals surface area contributed by atoms with Crippen molar-refractivity contribution in [2.45, 2.75) is 50.4 Å². The number of benzene rings is 1. The van der Waals surface area contributed by atoms with Gasteiger partial charge < -0.3 is 21.4 Å². The third kappa shape index (κ3) is 3.05. The zero-order chi connectivity index (χ0) is 16.0. The average molecular weight is 330 g/mol. The first kappa shape index (κ1) is 17.0. The summed E-state index contributed by atoms with van der Waals surface area (Å²) in [4.78, 5) is 21.9. The van der Waals surface area contributed by atoms with Crippen molar-refractivity contribution < 1.29 is 14.7 Å². The lowest BCUT2D eigenvalue weighted by Gasteiger charge is -2.57. The molecular formula is C19H26N2O3. The summed E-state index contributed by atoms with van der Waals surface area (Å²) in [5.41, 5.74) is 2.40. The van der Waals surface area contributed by atoms with Gasteiger partial charge >= 0.3 is 0 Å². The van der Waals surface area contributed by atoms with Gasteiger partial charge in [0.1, 0.15) is 0 Å². The van der Waals surface area contributed by atoms with Gasteiger partial charge in [-0.1, -0.05) is 12.1 Å². The van der Waals surface area contributed by atoms with E-state index in [1.807, 2.05) is 12.1 Å². The van der Waals surface area contributed by atoms with Crippen LogP contribution in [0.15, 0.2) is 24.3 Å². The molecule has 1 aromatic rings. The number of aliphatic carboxylic acids is 1. The topological polar surface area (TPSA) is 106 Å². The van der Waals surface area contributed by atoms with Crippen LogP contribution >= 0.6 is 0 Å². The van der Waals surface area contributed by atoms with E-state index in [1.54, 1.807) is 0 Å². The van der Waals surface area contributed by atoms with Crippen molar-refractivity contribution in [2.24, 2.45) is 17.8 Å². The van der Waals surface area contributed by atoms with E-state index in [0.29, 0.717) is 11.1 Å². The van der Waals surface area contributed by atoms with E-state index >= 15 is 0 Å². The molecule has 0 aromatic heterocycles. The fourth-order valence-corrected chi connectivity index (χ4v) is 5.71. The second-order valence-electron chi connectivity index (χ2n) is 7.87. The molecule has 0 atom stereocenters. The lowest BCUT2D eigenvalue weighted by atomic mass is 9.48. The van der Waals surface area contributed by atoms with Gasteiger partial charge in [0.2, 0.25) is 5.91 Å². The summed E-state index contributed by atoms with van der Waals surface area (Å²) in [6, 6.07) is 8.06. The number of carboxylic acid groups (broad SMARTS) is 1. The highest BCUT2D eigenvalue weighted by atomic mass is 16.4. The Morgan fingerprint density at radius 2 is 1.50 bits per heavy atom. The first-order chi connectivity index (χ1) is 11.0. The molecule has 5 rings (SSSR count). The van der Waals surface area contributed by atoms with Gasteiger partial charge in [-0.2, -0.15) is 0 Å². The second kappa shape index (κ2) is 6.20. The molecule has 5 nitrogen and oxygen atoms in total. The monoisotopic (exact) mass is 330 g/mol. The molecule has 4 bridgehead atoms. The molecule has 1 amide bonds. The van der Waals surface area contributed by atoms with E-state index in [2.05, 4.69) is 17.4 Å². The smallest absolute Gasteiger partial charge is 0.230 e.